The van der Waals surface area contributed by atoms with E-state index in [9.17, 15) is 0 Å². The van der Waals surface area contributed by atoms with Crippen molar-refractivity contribution in [2.24, 2.45) is 5.92 Å². The predicted octanol–water partition coefficient (Wildman–Crippen LogP) is 3.14. The fourth-order valence-corrected chi connectivity index (χ4v) is 3.47. The summed E-state index contributed by atoms with van der Waals surface area (Å²) in [5.41, 5.74) is 3.28. The van der Waals surface area contributed by atoms with Crippen molar-refractivity contribution in [1.29, 1.82) is 5.26 Å². The van der Waals surface area contributed by atoms with Crippen LogP contribution in [-0.2, 0) is 0 Å². The van der Waals surface area contributed by atoms with Gasteiger partial charge in [0.25, 0.3) is 0 Å². The molecule has 98 valence electrons. The van der Waals surface area contributed by atoms with Gasteiger partial charge in [-0.1, -0.05) is 6.42 Å². The number of nitrogens with one attached hydrogen (secondary N) is 2. The molecule has 0 amide bonds. The van der Waals surface area contributed by atoms with E-state index in [1.807, 2.05) is 25.2 Å². The molecule has 1 aliphatic rings. The number of aromatic nitrogens is 1. The Morgan fingerprint density at radius 1 is 1.42 bits per heavy atom. The Morgan fingerprint density at radius 2 is 2.32 bits per heavy atom. The minimum atomic E-state index is 0.621. The maximum atomic E-state index is 9.06. The van der Waals surface area contributed by atoms with Gasteiger partial charge in [-0.25, -0.2) is 0 Å². The van der Waals surface area contributed by atoms with Crippen LogP contribution in [0.2, 0.25) is 0 Å². The van der Waals surface area contributed by atoms with Gasteiger partial charge in [-0.15, -0.1) is 0 Å². The van der Waals surface area contributed by atoms with Crippen molar-refractivity contribution >= 4 is 10.9 Å². The van der Waals surface area contributed by atoms with E-state index in [0.717, 1.165) is 23.5 Å². The Kier molecular flexibility index (Phi) is 3.27. The van der Waals surface area contributed by atoms with Gasteiger partial charge < -0.3 is 10.3 Å². The van der Waals surface area contributed by atoms with E-state index in [4.69, 9.17) is 5.26 Å². The summed E-state index contributed by atoms with van der Waals surface area (Å²) < 4.78 is 0. The third kappa shape index (κ3) is 2.13. The molecule has 0 radical (unpaired) electrons. The van der Waals surface area contributed by atoms with Gasteiger partial charge in [0.05, 0.1) is 11.6 Å². The highest BCUT2D eigenvalue weighted by Gasteiger charge is 2.29. The van der Waals surface area contributed by atoms with Crippen molar-refractivity contribution in [2.75, 3.05) is 13.6 Å². The summed E-state index contributed by atoms with van der Waals surface area (Å²) in [4.78, 5) is 3.35. The molecule has 3 nitrogen and oxygen atoms in total. The first-order valence-corrected chi connectivity index (χ1v) is 6.99. The molecule has 1 saturated carbocycles. The van der Waals surface area contributed by atoms with Crippen LogP contribution in [0.25, 0.3) is 10.9 Å². The van der Waals surface area contributed by atoms with Crippen LogP contribution in [0.4, 0.5) is 0 Å². The molecule has 3 heteroatoms. The van der Waals surface area contributed by atoms with Crippen LogP contribution in [0.1, 0.15) is 36.3 Å². The molecule has 0 bridgehead atoms. The second-order valence-corrected chi connectivity index (χ2v) is 5.47. The van der Waals surface area contributed by atoms with Gasteiger partial charge in [0, 0.05) is 17.1 Å². The molecule has 1 aromatic carbocycles. The first-order valence-electron chi connectivity index (χ1n) is 6.99. The fraction of sp³-hybridized carbons (Fsp3) is 0.438. The molecule has 0 spiro atoms. The van der Waals surface area contributed by atoms with Crippen LogP contribution in [0.3, 0.4) is 0 Å². The summed E-state index contributed by atoms with van der Waals surface area (Å²) in [7, 11) is 2.03. The highest BCUT2D eigenvalue weighted by Crippen LogP contribution is 2.42. The zero-order valence-electron chi connectivity index (χ0n) is 11.2. The van der Waals surface area contributed by atoms with Crippen molar-refractivity contribution in [3.05, 3.63) is 35.5 Å². The Morgan fingerprint density at radius 3 is 3.11 bits per heavy atom. The SMILES string of the molecule is CNCC1CCCC1c1c[nH]c2ccc(C#N)cc12. The number of nitrogens with zero attached hydrogens (tertiary/aromatic N) is 1. The number of benzene rings is 1. The lowest BCUT2D eigenvalue weighted by Gasteiger charge is -2.18. The van der Waals surface area contributed by atoms with Crippen molar-refractivity contribution in [1.82, 2.24) is 10.3 Å². The zero-order chi connectivity index (χ0) is 13.2. The normalized spacial score (nSPS) is 22.7. The highest BCUT2D eigenvalue weighted by molar-refractivity contribution is 5.85. The van der Waals surface area contributed by atoms with Gasteiger partial charge in [-0.2, -0.15) is 5.26 Å². The average molecular weight is 253 g/mol. The zero-order valence-corrected chi connectivity index (χ0v) is 11.2. The van der Waals surface area contributed by atoms with Gasteiger partial charge in [0.15, 0.2) is 0 Å². The van der Waals surface area contributed by atoms with Gasteiger partial charge >= 0.3 is 0 Å². The maximum Gasteiger partial charge on any atom is 0.0991 e. The number of rotatable bonds is 3. The number of hydrogen-bond donors (Lipinski definition) is 2. The third-order valence-electron chi connectivity index (χ3n) is 4.37. The van der Waals surface area contributed by atoms with E-state index in [-0.39, 0.29) is 0 Å². The molecule has 2 aromatic rings. The third-order valence-corrected chi connectivity index (χ3v) is 4.37. The summed E-state index contributed by atoms with van der Waals surface area (Å²) in [6.45, 7) is 1.08. The van der Waals surface area contributed by atoms with Crippen LogP contribution in [0.15, 0.2) is 24.4 Å². The topological polar surface area (TPSA) is 51.6 Å². The largest absolute Gasteiger partial charge is 0.361 e. The van der Waals surface area contributed by atoms with E-state index >= 15 is 0 Å². The first kappa shape index (κ1) is 12.3. The van der Waals surface area contributed by atoms with Crippen LogP contribution >= 0.6 is 0 Å². The van der Waals surface area contributed by atoms with Crippen molar-refractivity contribution < 1.29 is 0 Å². The number of hydrogen-bond acceptors (Lipinski definition) is 2. The van der Waals surface area contributed by atoms with E-state index in [1.165, 1.54) is 30.2 Å². The summed E-state index contributed by atoms with van der Waals surface area (Å²) in [6, 6.07) is 8.15. The monoisotopic (exact) mass is 253 g/mol. The minimum absolute atomic E-state index is 0.621. The van der Waals surface area contributed by atoms with Gasteiger partial charge in [-0.05, 0) is 62.0 Å². The van der Waals surface area contributed by atoms with E-state index < -0.39 is 0 Å². The lowest BCUT2D eigenvalue weighted by Crippen LogP contribution is -2.20. The summed E-state index contributed by atoms with van der Waals surface area (Å²) in [5, 5.41) is 13.6. The van der Waals surface area contributed by atoms with E-state index in [0.29, 0.717) is 5.92 Å². The molecule has 1 fully saturated rings. The van der Waals surface area contributed by atoms with E-state index in [2.05, 4.69) is 22.6 Å². The molecule has 1 aromatic heterocycles. The second-order valence-electron chi connectivity index (χ2n) is 5.47. The minimum Gasteiger partial charge on any atom is -0.361 e. The van der Waals surface area contributed by atoms with Crippen LogP contribution in [-0.4, -0.2) is 18.6 Å². The summed E-state index contributed by atoms with van der Waals surface area (Å²) >= 11 is 0. The summed E-state index contributed by atoms with van der Waals surface area (Å²) in [5.74, 6) is 1.34. The fourth-order valence-electron chi connectivity index (χ4n) is 3.47. The molecular weight excluding hydrogens is 234 g/mol. The maximum absolute atomic E-state index is 9.06. The van der Waals surface area contributed by atoms with Gasteiger partial charge in [0.2, 0.25) is 0 Å². The molecular formula is C16H19N3. The molecule has 1 heterocycles. The number of nitriles is 1. The van der Waals surface area contributed by atoms with Gasteiger partial charge in [-0.3, -0.25) is 0 Å². The Balaban J connectivity index is 2.02. The Bertz CT molecular complexity index is 620. The van der Waals surface area contributed by atoms with Crippen LogP contribution in [0, 0.1) is 17.2 Å². The smallest absolute Gasteiger partial charge is 0.0991 e. The van der Waals surface area contributed by atoms with E-state index in [1.54, 1.807) is 0 Å². The lowest BCUT2D eigenvalue weighted by molar-refractivity contribution is 0.464. The molecule has 3 rings (SSSR count). The molecule has 2 unspecified atom stereocenters. The van der Waals surface area contributed by atoms with Crippen LogP contribution in [0.5, 0.6) is 0 Å². The standard InChI is InChI=1S/C16H19N3/c1-18-9-12-3-2-4-13(12)15-10-19-16-6-5-11(8-17)7-14(15)16/h5-7,10,12-13,18-19H,2-4,9H2,1H3. The average Bonchev–Trinajstić information content (AvgIpc) is 3.04. The first-order chi connectivity index (χ1) is 9.33. The lowest BCUT2D eigenvalue weighted by atomic mass is 9.88. The number of aromatic amines is 1. The van der Waals surface area contributed by atoms with Crippen molar-refractivity contribution in [3.63, 3.8) is 0 Å². The van der Waals surface area contributed by atoms with Crippen molar-refractivity contribution in [2.45, 2.75) is 25.2 Å². The molecule has 0 saturated heterocycles. The highest BCUT2D eigenvalue weighted by atomic mass is 14.8. The summed E-state index contributed by atoms with van der Waals surface area (Å²) in [6.07, 6.45) is 6.01. The molecule has 2 atom stereocenters. The van der Waals surface area contributed by atoms with Gasteiger partial charge in [0.1, 0.15) is 0 Å². The quantitative estimate of drug-likeness (QED) is 0.883. The predicted molar refractivity (Wildman–Crippen MR) is 77.0 cm³/mol. The Hall–Kier alpha value is -1.79. The number of H-pyrrole nitrogens is 1. The molecule has 0 aliphatic heterocycles. The van der Waals surface area contributed by atoms with Crippen molar-refractivity contribution in [3.8, 4) is 6.07 Å². The van der Waals surface area contributed by atoms with Crippen LogP contribution < -0.4 is 5.32 Å². The molecule has 1 aliphatic carbocycles. The molecule has 2 N–H and O–H groups in total. The Labute approximate surface area is 113 Å². The molecule has 19 heavy (non-hydrogen) atoms. The second kappa shape index (κ2) is 5.07. The number of fused-ring (bicyclic) bond motifs is 1.